The fraction of sp³-hybridized carbons (Fsp3) is 0.706. The number of allylic oxidation sites excluding steroid dienone is 1. The Labute approximate surface area is 139 Å². The van der Waals surface area contributed by atoms with Crippen LogP contribution in [0.2, 0.25) is 0 Å². The van der Waals surface area contributed by atoms with E-state index < -0.39 is 0 Å². The molecule has 0 aliphatic carbocycles. The molecule has 3 N–H and O–H groups in total. The summed E-state index contributed by atoms with van der Waals surface area (Å²) in [4.78, 5) is 35.3. The minimum Gasteiger partial charge on any atom is -0.354 e. The van der Waals surface area contributed by atoms with Gasteiger partial charge >= 0.3 is 0 Å². The average Bonchev–Trinajstić information content (AvgIpc) is 2.51. The Morgan fingerprint density at radius 3 is 2.52 bits per heavy atom. The van der Waals surface area contributed by atoms with Crippen LogP contribution in [-0.2, 0) is 14.4 Å². The predicted molar refractivity (Wildman–Crippen MR) is 91.6 cm³/mol. The standard InChI is InChI=1S/C17H31N3O3/c1-3-9-17(23)20(14-21)13-8-4-5-11-16(22)19-15(2)10-6-7-12-18/h3,9,14-15H,4-8,10-13,18H2,1-2H3,(H,19,22)/b9-3-. The molecule has 0 rings (SSSR count). The molecule has 3 amide bonds. The van der Waals surface area contributed by atoms with Crippen molar-refractivity contribution in [2.75, 3.05) is 13.1 Å². The van der Waals surface area contributed by atoms with Crippen molar-refractivity contribution in [2.24, 2.45) is 5.73 Å². The monoisotopic (exact) mass is 325 g/mol. The molecule has 0 heterocycles. The van der Waals surface area contributed by atoms with Gasteiger partial charge in [-0.1, -0.05) is 18.9 Å². The Balaban J connectivity index is 3.75. The van der Waals surface area contributed by atoms with Crippen molar-refractivity contribution in [2.45, 2.75) is 64.8 Å². The van der Waals surface area contributed by atoms with Crippen LogP contribution >= 0.6 is 0 Å². The van der Waals surface area contributed by atoms with E-state index in [9.17, 15) is 14.4 Å². The molecule has 0 aromatic rings. The quantitative estimate of drug-likeness (QED) is 0.306. The van der Waals surface area contributed by atoms with Crippen LogP contribution < -0.4 is 11.1 Å². The molecule has 23 heavy (non-hydrogen) atoms. The lowest BCUT2D eigenvalue weighted by Crippen LogP contribution is -2.32. The number of amides is 3. The summed E-state index contributed by atoms with van der Waals surface area (Å²) in [5, 5.41) is 2.98. The third kappa shape index (κ3) is 11.5. The molecular formula is C17H31N3O3. The van der Waals surface area contributed by atoms with Gasteiger partial charge in [-0.15, -0.1) is 0 Å². The maximum Gasteiger partial charge on any atom is 0.252 e. The first-order valence-electron chi connectivity index (χ1n) is 8.43. The van der Waals surface area contributed by atoms with Crippen LogP contribution in [0.1, 0.15) is 58.8 Å². The Bertz CT molecular complexity index is 383. The second-order valence-electron chi connectivity index (χ2n) is 5.70. The summed E-state index contributed by atoms with van der Waals surface area (Å²) in [6.45, 7) is 4.82. The SMILES string of the molecule is C/C=C\C(=O)N(C=O)CCCCCC(=O)NC(C)CCCCN. The van der Waals surface area contributed by atoms with Gasteiger partial charge in [-0.05, 0) is 52.2 Å². The number of carbonyl (C=O) groups excluding carboxylic acids is 3. The lowest BCUT2D eigenvalue weighted by Gasteiger charge is -2.14. The molecule has 1 atom stereocenters. The molecule has 0 radical (unpaired) electrons. The lowest BCUT2D eigenvalue weighted by molar-refractivity contribution is -0.134. The van der Waals surface area contributed by atoms with Gasteiger partial charge in [-0.2, -0.15) is 0 Å². The van der Waals surface area contributed by atoms with Gasteiger partial charge in [0.15, 0.2) is 0 Å². The van der Waals surface area contributed by atoms with Gasteiger partial charge in [-0.25, -0.2) is 0 Å². The summed E-state index contributed by atoms with van der Waals surface area (Å²) in [6, 6.07) is 0.179. The van der Waals surface area contributed by atoms with Crippen LogP contribution in [0.5, 0.6) is 0 Å². The highest BCUT2D eigenvalue weighted by Gasteiger charge is 2.09. The normalized spacial score (nSPS) is 12.1. The molecular weight excluding hydrogens is 294 g/mol. The van der Waals surface area contributed by atoms with Crippen LogP contribution in [0.15, 0.2) is 12.2 Å². The van der Waals surface area contributed by atoms with Crippen LogP contribution in [0.3, 0.4) is 0 Å². The first kappa shape index (κ1) is 21.3. The van der Waals surface area contributed by atoms with Gasteiger partial charge < -0.3 is 11.1 Å². The van der Waals surface area contributed by atoms with Crippen LogP contribution in [-0.4, -0.2) is 42.3 Å². The van der Waals surface area contributed by atoms with Crippen molar-refractivity contribution in [1.29, 1.82) is 0 Å². The van der Waals surface area contributed by atoms with E-state index in [0.29, 0.717) is 32.3 Å². The zero-order valence-electron chi connectivity index (χ0n) is 14.4. The van der Waals surface area contributed by atoms with E-state index in [2.05, 4.69) is 5.32 Å². The molecule has 6 nitrogen and oxygen atoms in total. The van der Waals surface area contributed by atoms with E-state index in [4.69, 9.17) is 5.73 Å². The zero-order valence-corrected chi connectivity index (χ0v) is 14.4. The first-order chi connectivity index (χ1) is 11.0. The summed E-state index contributed by atoms with van der Waals surface area (Å²) in [7, 11) is 0. The molecule has 0 fully saturated rings. The minimum atomic E-state index is -0.299. The Morgan fingerprint density at radius 1 is 1.17 bits per heavy atom. The number of hydrogen-bond acceptors (Lipinski definition) is 4. The van der Waals surface area contributed by atoms with E-state index in [-0.39, 0.29) is 17.9 Å². The number of rotatable bonds is 13. The average molecular weight is 325 g/mol. The largest absolute Gasteiger partial charge is 0.354 e. The number of nitrogens with zero attached hydrogens (tertiary/aromatic N) is 1. The number of carbonyl (C=O) groups is 3. The maximum absolute atomic E-state index is 11.8. The Kier molecular flexibility index (Phi) is 12.9. The minimum absolute atomic E-state index is 0.0579. The van der Waals surface area contributed by atoms with E-state index in [1.807, 2.05) is 6.92 Å². The molecule has 1 unspecified atom stereocenters. The van der Waals surface area contributed by atoms with Crippen molar-refractivity contribution in [3.8, 4) is 0 Å². The van der Waals surface area contributed by atoms with E-state index in [1.165, 1.54) is 6.08 Å². The topological polar surface area (TPSA) is 92.5 Å². The molecule has 0 bridgehead atoms. The van der Waals surface area contributed by atoms with Crippen molar-refractivity contribution in [1.82, 2.24) is 10.2 Å². The first-order valence-corrected chi connectivity index (χ1v) is 8.43. The summed E-state index contributed by atoms with van der Waals surface area (Å²) < 4.78 is 0. The number of hydrogen-bond donors (Lipinski definition) is 2. The van der Waals surface area contributed by atoms with Crippen molar-refractivity contribution in [3.05, 3.63) is 12.2 Å². The van der Waals surface area contributed by atoms with Gasteiger partial charge in [0.1, 0.15) is 0 Å². The fourth-order valence-corrected chi connectivity index (χ4v) is 2.21. The molecule has 0 saturated carbocycles. The van der Waals surface area contributed by atoms with Crippen LogP contribution in [0.25, 0.3) is 0 Å². The number of nitrogens with one attached hydrogen (secondary N) is 1. The van der Waals surface area contributed by atoms with Crippen molar-refractivity contribution in [3.63, 3.8) is 0 Å². The smallest absolute Gasteiger partial charge is 0.252 e. The fourth-order valence-electron chi connectivity index (χ4n) is 2.21. The molecule has 0 aliphatic heterocycles. The lowest BCUT2D eigenvalue weighted by atomic mass is 10.1. The second-order valence-corrected chi connectivity index (χ2v) is 5.70. The highest BCUT2D eigenvalue weighted by molar-refractivity contribution is 5.94. The maximum atomic E-state index is 11.8. The molecule has 132 valence electrons. The second kappa shape index (κ2) is 13.9. The summed E-state index contributed by atoms with van der Waals surface area (Å²) >= 11 is 0. The van der Waals surface area contributed by atoms with Gasteiger partial charge in [0, 0.05) is 19.0 Å². The van der Waals surface area contributed by atoms with Gasteiger partial charge in [0.2, 0.25) is 12.3 Å². The van der Waals surface area contributed by atoms with Gasteiger partial charge in [0.25, 0.3) is 5.91 Å². The highest BCUT2D eigenvalue weighted by Crippen LogP contribution is 2.04. The molecule has 0 spiro atoms. The number of imide groups is 1. The van der Waals surface area contributed by atoms with E-state index in [1.54, 1.807) is 13.0 Å². The number of nitrogens with two attached hydrogens (primary N) is 1. The van der Waals surface area contributed by atoms with E-state index in [0.717, 1.165) is 37.0 Å². The summed E-state index contributed by atoms with van der Waals surface area (Å²) in [5.74, 6) is -0.242. The Hall–Kier alpha value is -1.69. The van der Waals surface area contributed by atoms with Crippen LogP contribution in [0.4, 0.5) is 0 Å². The molecule has 6 heteroatoms. The Morgan fingerprint density at radius 2 is 1.91 bits per heavy atom. The third-order valence-electron chi connectivity index (χ3n) is 3.52. The zero-order chi connectivity index (χ0) is 17.5. The van der Waals surface area contributed by atoms with E-state index >= 15 is 0 Å². The van der Waals surface area contributed by atoms with Crippen molar-refractivity contribution < 1.29 is 14.4 Å². The predicted octanol–water partition coefficient (Wildman–Crippen LogP) is 1.74. The van der Waals surface area contributed by atoms with Crippen molar-refractivity contribution >= 4 is 18.2 Å². The molecule has 0 aliphatic rings. The van der Waals surface area contributed by atoms with Gasteiger partial charge in [0.05, 0.1) is 0 Å². The van der Waals surface area contributed by atoms with Crippen LogP contribution in [0, 0.1) is 0 Å². The molecule has 0 aromatic carbocycles. The summed E-state index contributed by atoms with van der Waals surface area (Å²) in [5.41, 5.74) is 5.44. The highest BCUT2D eigenvalue weighted by atomic mass is 16.2. The third-order valence-corrected chi connectivity index (χ3v) is 3.52. The number of unbranched alkanes of at least 4 members (excludes halogenated alkanes) is 3. The summed E-state index contributed by atoms with van der Waals surface area (Å²) in [6.07, 6.45) is 9.24. The van der Waals surface area contributed by atoms with Gasteiger partial charge in [-0.3, -0.25) is 19.3 Å². The molecule has 0 aromatic heterocycles. The molecule has 0 saturated heterocycles.